The van der Waals surface area contributed by atoms with E-state index in [4.69, 9.17) is 4.42 Å². The van der Waals surface area contributed by atoms with Gasteiger partial charge in [0.15, 0.2) is 5.69 Å². The number of sulfonamides is 1. The first kappa shape index (κ1) is 22.1. The normalized spacial score (nSPS) is 15.9. The summed E-state index contributed by atoms with van der Waals surface area (Å²) >= 11 is 0. The maximum Gasteiger partial charge on any atom is 0.279 e. The number of nitriles is 1. The molecule has 0 N–H and O–H groups in total. The molecule has 9 heteroatoms. The van der Waals surface area contributed by atoms with Crippen LogP contribution in [0.1, 0.15) is 23.2 Å². The lowest BCUT2D eigenvalue weighted by atomic mass is 10.1. The zero-order valence-corrected chi connectivity index (χ0v) is 18.8. The van der Waals surface area contributed by atoms with Gasteiger partial charge >= 0.3 is 0 Å². The molecule has 1 aromatic carbocycles. The van der Waals surface area contributed by atoms with Gasteiger partial charge in [0.1, 0.15) is 6.07 Å². The molecule has 0 spiro atoms. The highest BCUT2D eigenvalue weighted by Crippen LogP contribution is 2.28. The molecule has 0 saturated carbocycles. The first-order chi connectivity index (χ1) is 15.5. The van der Waals surface area contributed by atoms with E-state index >= 15 is 0 Å². The predicted molar refractivity (Wildman–Crippen MR) is 119 cm³/mol. The van der Waals surface area contributed by atoms with Crippen molar-refractivity contribution in [3.05, 3.63) is 65.6 Å². The van der Waals surface area contributed by atoms with Gasteiger partial charge in [0.2, 0.25) is 5.89 Å². The fourth-order valence-corrected chi connectivity index (χ4v) is 5.18. The molecule has 0 amide bonds. The van der Waals surface area contributed by atoms with E-state index in [-0.39, 0.29) is 16.7 Å². The van der Waals surface area contributed by atoms with E-state index in [0.717, 1.165) is 25.1 Å². The Kier molecular flexibility index (Phi) is 6.65. The van der Waals surface area contributed by atoms with Gasteiger partial charge in [-0.15, -0.1) is 0 Å². The molecule has 0 bridgehead atoms. The third kappa shape index (κ3) is 4.88. The van der Waals surface area contributed by atoms with E-state index in [1.165, 1.54) is 9.87 Å². The minimum Gasteiger partial charge on any atom is -0.422 e. The van der Waals surface area contributed by atoms with Crippen LogP contribution in [0.4, 0.5) is 0 Å². The highest BCUT2D eigenvalue weighted by Gasteiger charge is 2.34. The summed E-state index contributed by atoms with van der Waals surface area (Å²) in [4.78, 5) is 10.4. The molecule has 0 atom stereocenters. The minimum absolute atomic E-state index is 0.133. The highest BCUT2D eigenvalue weighted by atomic mass is 32.2. The van der Waals surface area contributed by atoms with Gasteiger partial charge < -0.3 is 9.32 Å². The molecule has 2 aromatic heterocycles. The first-order valence-electron chi connectivity index (χ1n) is 10.6. The fourth-order valence-electron chi connectivity index (χ4n) is 3.74. The Morgan fingerprint density at radius 1 is 1.06 bits per heavy atom. The minimum atomic E-state index is -3.97. The summed E-state index contributed by atoms with van der Waals surface area (Å²) in [5.41, 5.74) is 2.69. The maximum absolute atomic E-state index is 13.3. The first-order valence-corrected chi connectivity index (χ1v) is 12.0. The maximum atomic E-state index is 13.3. The van der Waals surface area contributed by atoms with E-state index in [1.807, 2.05) is 37.3 Å². The molecular formula is C23H25N5O3S. The summed E-state index contributed by atoms with van der Waals surface area (Å²) in [6, 6.07) is 13.2. The van der Waals surface area contributed by atoms with Crippen molar-refractivity contribution in [1.29, 1.82) is 5.26 Å². The third-order valence-electron chi connectivity index (χ3n) is 5.59. The zero-order valence-electron chi connectivity index (χ0n) is 17.9. The molecule has 3 aromatic rings. The van der Waals surface area contributed by atoms with Crippen LogP contribution in [-0.4, -0.2) is 60.3 Å². The topological polar surface area (TPSA) is 103 Å². The van der Waals surface area contributed by atoms with Crippen molar-refractivity contribution in [2.45, 2.75) is 24.9 Å². The fraction of sp³-hybridized carbons (Fsp3) is 0.348. The van der Waals surface area contributed by atoms with Gasteiger partial charge in [-0.1, -0.05) is 17.7 Å². The molecule has 1 aliphatic rings. The largest absolute Gasteiger partial charge is 0.422 e. The molecule has 166 valence electrons. The standard InChI is InChI=1S/C23H25N5O3S/c1-18-3-5-20(6-4-18)22-26-21(17-24)23(31-22)32(29,30)28-13-2-12-27(15-16-28)14-9-19-7-10-25-11-8-19/h3-8,10-11H,2,9,12-16H2,1H3. The van der Waals surface area contributed by atoms with Gasteiger partial charge in [0, 0.05) is 44.1 Å². The summed E-state index contributed by atoms with van der Waals surface area (Å²) in [7, 11) is -3.97. The van der Waals surface area contributed by atoms with E-state index in [9.17, 15) is 13.7 Å². The van der Waals surface area contributed by atoms with Crippen molar-refractivity contribution in [3.63, 3.8) is 0 Å². The molecule has 32 heavy (non-hydrogen) atoms. The van der Waals surface area contributed by atoms with Crippen molar-refractivity contribution >= 4 is 10.0 Å². The zero-order chi connectivity index (χ0) is 22.6. The second-order valence-electron chi connectivity index (χ2n) is 7.84. The molecular weight excluding hydrogens is 426 g/mol. The average molecular weight is 452 g/mol. The summed E-state index contributed by atoms with van der Waals surface area (Å²) < 4.78 is 33.7. The molecule has 0 aliphatic carbocycles. The number of aromatic nitrogens is 2. The van der Waals surface area contributed by atoms with Crippen molar-refractivity contribution in [2.24, 2.45) is 0 Å². The van der Waals surface area contributed by atoms with Gasteiger partial charge in [-0.25, -0.2) is 8.42 Å². The molecule has 1 fully saturated rings. The van der Waals surface area contributed by atoms with Crippen LogP contribution in [0.5, 0.6) is 0 Å². The Bertz CT molecular complexity index is 1200. The summed E-state index contributed by atoms with van der Waals surface area (Å²) in [5, 5.41) is 9.12. The number of oxazole rings is 1. The molecule has 4 rings (SSSR count). The molecule has 3 heterocycles. The van der Waals surface area contributed by atoms with E-state index < -0.39 is 10.0 Å². The number of benzene rings is 1. The summed E-state index contributed by atoms with van der Waals surface area (Å²) in [6.07, 6.45) is 5.15. The number of nitrogens with zero attached hydrogens (tertiary/aromatic N) is 5. The average Bonchev–Trinajstić information content (AvgIpc) is 3.11. The Morgan fingerprint density at radius 2 is 1.81 bits per heavy atom. The third-order valence-corrected chi connectivity index (χ3v) is 7.38. The second-order valence-corrected chi connectivity index (χ2v) is 9.67. The van der Waals surface area contributed by atoms with Crippen LogP contribution in [0.25, 0.3) is 11.5 Å². The van der Waals surface area contributed by atoms with Gasteiger partial charge in [0.05, 0.1) is 0 Å². The monoisotopic (exact) mass is 451 g/mol. The number of rotatable bonds is 6. The lowest BCUT2D eigenvalue weighted by molar-refractivity contribution is 0.289. The van der Waals surface area contributed by atoms with E-state index in [2.05, 4.69) is 14.9 Å². The number of hydrogen-bond donors (Lipinski definition) is 0. The molecule has 0 unspecified atom stereocenters. The Morgan fingerprint density at radius 3 is 2.53 bits per heavy atom. The second kappa shape index (κ2) is 9.61. The summed E-state index contributed by atoms with van der Waals surface area (Å²) in [5.74, 6) is 0.133. The predicted octanol–water partition coefficient (Wildman–Crippen LogP) is 2.86. The van der Waals surface area contributed by atoms with Crippen molar-refractivity contribution in [3.8, 4) is 17.5 Å². The summed E-state index contributed by atoms with van der Waals surface area (Å²) in [6.45, 7) is 4.94. The lowest BCUT2D eigenvalue weighted by Crippen LogP contribution is -2.35. The number of aryl methyl sites for hydroxylation is 1. The quantitative estimate of drug-likeness (QED) is 0.568. The van der Waals surface area contributed by atoms with Gasteiger partial charge in [-0.2, -0.15) is 14.6 Å². The van der Waals surface area contributed by atoms with E-state index in [1.54, 1.807) is 24.5 Å². The van der Waals surface area contributed by atoms with Crippen LogP contribution < -0.4 is 0 Å². The van der Waals surface area contributed by atoms with Crippen molar-refractivity contribution < 1.29 is 12.8 Å². The van der Waals surface area contributed by atoms with Crippen LogP contribution in [0, 0.1) is 18.3 Å². The van der Waals surface area contributed by atoms with Crippen LogP contribution in [0.3, 0.4) is 0 Å². The van der Waals surface area contributed by atoms with Gasteiger partial charge in [0.25, 0.3) is 15.1 Å². The van der Waals surface area contributed by atoms with Gasteiger partial charge in [-0.3, -0.25) is 4.98 Å². The van der Waals surface area contributed by atoms with Gasteiger partial charge in [-0.05, 0) is 56.1 Å². The smallest absolute Gasteiger partial charge is 0.279 e. The molecule has 0 radical (unpaired) electrons. The number of pyridine rings is 1. The highest BCUT2D eigenvalue weighted by molar-refractivity contribution is 7.89. The van der Waals surface area contributed by atoms with Crippen molar-refractivity contribution in [1.82, 2.24) is 19.2 Å². The Labute approximate surface area is 188 Å². The molecule has 1 aliphatic heterocycles. The van der Waals surface area contributed by atoms with Crippen molar-refractivity contribution in [2.75, 3.05) is 32.7 Å². The van der Waals surface area contributed by atoms with Crippen LogP contribution in [-0.2, 0) is 16.4 Å². The lowest BCUT2D eigenvalue weighted by Gasteiger charge is -2.21. The SMILES string of the molecule is Cc1ccc(-c2nc(C#N)c(S(=O)(=O)N3CCCN(CCc4ccncc4)CC3)o2)cc1. The van der Waals surface area contributed by atoms with E-state index in [0.29, 0.717) is 31.6 Å². The number of hydrogen-bond acceptors (Lipinski definition) is 7. The van der Waals surface area contributed by atoms with Crippen LogP contribution >= 0.6 is 0 Å². The Balaban J connectivity index is 1.48. The molecule has 8 nitrogen and oxygen atoms in total. The Hall–Kier alpha value is -3.06. The van der Waals surface area contributed by atoms with Crippen LogP contribution in [0.2, 0.25) is 0 Å². The van der Waals surface area contributed by atoms with Crippen LogP contribution in [0.15, 0.2) is 58.3 Å². The molecule has 1 saturated heterocycles.